The van der Waals surface area contributed by atoms with E-state index in [0.717, 1.165) is 55.0 Å². The zero-order chi connectivity index (χ0) is 30.2. The average Bonchev–Trinajstić information content (AvgIpc) is 3.69. The van der Waals surface area contributed by atoms with Gasteiger partial charge in [-0.2, -0.15) is 0 Å². The normalized spacial score (nSPS) is 11.9. The lowest BCUT2D eigenvalue weighted by Gasteiger charge is -2.16. The van der Waals surface area contributed by atoms with Crippen molar-refractivity contribution in [3.63, 3.8) is 0 Å². The predicted octanol–water partition coefficient (Wildman–Crippen LogP) is 12.7. The van der Waals surface area contributed by atoms with E-state index < -0.39 is 0 Å². The van der Waals surface area contributed by atoms with Crippen LogP contribution in [0.4, 0.5) is 0 Å². The standard InChI is InChI=1S/C43H25NOS/c1-2-12-26(13-3-1)39-41-30-16-4-7-20-34(30)44-43(33(41)25-36-42(39)31-17-5-8-21-35(31)45-36)28-15-10-14-27(24-28)29-19-11-23-38-40(29)32-18-6-9-22-37(32)46-38/h1-25H. The highest BCUT2D eigenvalue weighted by Crippen LogP contribution is 2.47. The van der Waals surface area contributed by atoms with E-state index in [-0.39, 0.29) is 0 Å². The molecule has 214 valence electrons. The number of para-hydroxylation sites is 2. The molecule has 2 nitrogen and oxygen atoms in total. The number of benzene rings is 7. The largest absolute Gasteiger partial charge is 0.456 e. The fraction of sp³-hybridized carbons (Fsp3) is 0. The molecule has 3 aromatic heterocycles. The van der Waals surface area contributed by atoms with Crippen molar-refractivity contribution in [1.82, 2.24) is 4.98 Å². The minimum atomic E-state index is 0.872. The molecule has 7 aromatic carbocycles. The molecule has 0 saturated heterocycles. The molecule has 0 atom stereocenters. The molecule has 10 rings (SSSR count). The van der Waals surface area contributed by atoms with E-state index in [1.165, 1.54) is 42.2 Å². The summed E-state index contributed by atoms with van der Waals surface area (Å²) in [5.41, 5.74) is 9.55. The van der Waals surface area contributed by atoms with Crippen molar-refractivity contribution >= 4 is 75.1 Å². The maximum absolute atomic E-state index is 6.57. The van der Waals surface area contributed by atoms with E-state index in [2.05, 4.69) is 146 Å². The number of pyridine rings is 1. The molecule has 0 fully saturated rings. The highest BCUT2D eigenvalue weighted by molar-refractivity contribution is 7.25. The zero-order valence-corrected chi connectivity index (χ0v) is 25.5. The van der Waals surface area contributed by atoms with Crippen LogP contribution in [0.15, 0.2) is 156 Å². The van der Waals surface area contributed by atoms with Crippen LogP contribution < -0.4 is 0 Å². The first-order valence-electron chi connectivity index (χ1n) is 15.5. The molecular weight excluding hydrogens is 579 g/mol. The molecule has 0 aliphatic heterocycles. The maximum Gasteiger partial charge on any atom is 0.136 e. The highest BCUT2D eigenvalue weighted by atomic mass is 32.1. The summed E-state index contributed by atoms with van der Waals surface area (Å²) in [5, 5.41) is 8.30. The molecule has 3 heterocycles. The van der Waals surface area contributed by atoms with Crippen molar-refractivity contribution in [3.05, 3.63) is 152 Å². The molecule has 0 amide bonds. The van der Waals surface area contributed by atoms with Crippen molar-refractivity contribution in [2.45, 2.75) is 0 Å². The minimum Gasteiger partial charge on any atom is -0.456 e. The van der Waals surface area contributed by atoms with Crippen molar-refractivity contribution in [1.29, 1.82) is 0 Å². The Bertz CT molecular complexity index is 2810. The molecule has 0 radical (unpaired) electrons. The van der Waals surface area contributed by atoms with Gasteiger partial charge in [-0.1, -0.05) is 115 Å². The van der Waals surface area contributed by atoms with E-state index in [1.54, 1.807) is 0 Å². The Kier molecular flexibility index (Phi) is 5.48. The lowest BCUT2D eigenvalue weighted by atomic mass is 9.89. The topological polar surface area (TPSA) is 26.0 Å². The van der Waals surface area contributed by atoms with Gasteiger partial charge in [-0.25, -0.2) is 4.98 Å². The van der Waals surface area contributed by atoms with Crippen LogP contribution in [-0.4, -0.2) is 4.98 Å². The number of aromatic nitrogens is 1. The second-order valence-corrected chi connectivity index (χ2v) is 12.9. The summed E-state index contributed by atoms with van der Waals surface area (Å²) in [7, 11) is 0. The number of nitrogens with zero attached hydrogens (tertiary/aromatic N) is 1. The average molecular weight is 604 g/mol. The highest BCUT2D eigenvalue weighted by Gasteiger charge is 2.22. The van der Waals surface area contributed by atoms with Gasteiger partial charge in [0.15, 0.2) is 0 Å². The van der Waals surface area contributed by atoms with Crippen LogP contribution in [0.25, 0.3) is 97.3 Å². The Balaban J connectivity index is 1.32. The number of thiophene rings is 1. The summed E-state index contributed by atoms with van der Waals surface area (Å²) >= 11 is 1.85. The summed E-state index contributed by atoms with van der Waals surface area (Å²) in [5.74, 6) is 0. The molecule has 0 spiro atoms. The van der Waals surface area contributed by atoms with Crippen LogP contribution >= 0.6 is 11.3 Å². The summed E-state index contributed by atoms with van der Waals surface area (Å²) < 4.78 is 9.19. The second-order valence-electron chi connectivity index (χ2n) is 11.8. The van der Waals surface area contributed by atoms with E-state index in [4.69, 9.17) is 9.40 Å². The summed E-state index contributed by atoms with van der Waals surface area (Å²) in [6.07, 6.45) is 0. The predicted molar refractivity (Wildman–Crippen MR) is 196 cm³/mol. The number of hydrogen-bond donors (Lipinski definition) is 0. The number of hydrogen-bond acceptors (Lipinski definition) is 3. The van der Waals surface area contributed by atoms with Gasteiger partial charge in [0.1, 0.15) is 11.2 Å². The fourth-order valence-corrected chi connectivity index (χ4v) is 8.41. The lowest BCUT2D eigenvalue weighted by molar-refractivity contribution is 0.669. The first-order chi connectivity index (χ1) is 22.8. The van der Waals surface area contributed by atoms with Crippen LogP contribution in [0.2, 0.25) is 0 Å². The van der Waals surface area contributed by atoms with Crippen LogP contribution in [-0.2, 0) is 0 Å². The molecule has 46 heavy (non-hydrogen) atoms. The molecular formula is C43H25NOS. The fourth-order valence-electron chi connectivity index (χ4n) is 7.28. The number of furan rings is 1. The zero-order valence-electron chi connectivity index (χ0n) is 24.7. The van der Waals surface area contributed by atoms with Crippen LogP contribution in [0.3, 0.4) is 0 Å². The second kappa shape index (κ2) is 9.87. The van der Waals surface area contributed by atoms with E-state index in [1.807, 2.05) is 17.4 Å². The van der Waals surface area contributed by atoms with Gasteiger partial charge in [-0.3, -0.25) is 0 Å². The van der Waals surface area contributed by atoms with Gasteiger partial charge in [-0.05, 0) is 53.1 Å². The Morgan fingerprint density at radius 1 is 0.435 bits per heavy atom. The van der Waals surface area contributed by atoms with Gasteiger partial charge < -0.3 is 4.42 Å². The minimum absolute atomic E-state index is 0.872. The van der Waals surface area contributed by atoms with Crippen molar-refractivity contribution in [2.75, 3.05) is 0 Å². The first kappa shape index (κ1) is 25.5. The van der Waals surface area contributed by atoms with Crippen LogP contribution in [0.1, 0.15) is 0 Å². The van der Waals surface area contributed by atoms with Gasteiger partial charge in [0.05, 0.1) is 11.2 Å². The first-order valence-corrected chi connectivity index (χ1v) is 16.4. The van der Waals surface area contributed by atoms with Crippen molar-refractivity contribution < 1.29 is 4.42 Å². The maximum atomic E-state index is 6.57. The summed E-state index contributed by atoms with van der Waals surface area (Å²) in [6, 6.07) is 54.1. The molecule has 0 unspecified atom stereocenters. The third-order valence-corrected chi connectivity index (χ3v) is 10.4. The molecule has 0 bridgehead atoms. The number of rotatable bonds is 3. The van der Waals surface area contributed by atoms with Crippen molar-refractivity contribution in [2.24, 2.45) is 0 Å². The van der Waals surface area contributed by atoms with Gasteiger partial charge in [-0.15, -0.1) is 11.3 Å². The molecule has 0 aliphatic rings. The SMILES string of the molecule is c1ccc(-c2c3c(cc4c(-c5cccc(-c6cccc7sc8ccccc8c67)c5)nc5ccccc5c24)oc2ccccc23)cc1. The van der Waals surface area contributed by atoms with E-state index >= 15 is 0 Å². The van der Waals surface area contributed by atoms with Gasteiger partial charge in [0.25, 0.3) is 0 Å². The third-order valence-electron chi connectivity index (χ3n) is 9.24. The Hall–Kier alpha value is -5.77. The lowest BCUT2D eigenvalue weighted by Crippen LogP contribution is -1.93. The monoisotopic (exact) mass is 603 g/mol. The smallest absolute Gasteiger partial charge is 0.136 e. The summed E-state index contributed by atoms with van der Waals surface area (Å²) in [4.78, 5) is 5.37. The van der Waals surface area contributed by atoms with Crippen molar-refractivity contribution in [3.8, 4) is 33.5 Å². The Morgan fingerprint density at radius 3 is 2.04 bits per heavy atom. The Morgan fingerprint density at radius 2 is 1.13 bits per heavy atom. The third kappa shape index (κ3) is 3.73. The van der Waals surface area contributed by atoms with E-state index in [9.17, 15) is 0 Å². The molecule has 10 aromatic rings. The Labute approximate surface area is 268 Å². The van der Waals surface area contributed by atoms with Gasteiger partial charge in [0.2, 0.25) is 0 Å². The molecule has 0 saturated carbocycles. The van der Waals surface area contributed by atoms with Gasteiger partial charge in [0, 0.05) is 58.2 Å². The van der Waals surface area contributed by atoms with Gasteiger partial charge >= 0.3 is 0 Å². The molecule has 3 heteroatoms. The van der Waals surface area contributed by atoms with Crippen LogP contribution in [0.5, 0.6) is 0 Å². The van der Waals surface area contributed by atoms with Crippen LogP contribution in [0, 0.1) is 0 Å². The number of fused-ring (bicyclic) bond motifs is 9. The quantitative estimate of drug-likeness (QED) is 0.188. The van der Waals surface area contributed by atoms with E-state index in [0.29, 0.717) is 0 Å². The summed E-state index contributed by atoms with van der Waals surface area (Å²) in [6.45, 7) is 0. The molecule has 0 aliphatic carbocycles. The molecule has 0 N–H and O–H groups in total.